The molecule has 0 amide bonds. The molecule has 1 saturated carbocycles. The van der Waals surface area contributed by atoms with E-state index >= 15 is 0 Å². The first kappa shape index (κ1) is 11.6. The second kappa shape index (κ2) is 5.46. The van der Waals surface area contributed by atoms with Crippen LogP contribution < -0.4 is 5.32 Å². The van der Waals surface area contributed by atoms with Gasteiger partial charge in [0.25, 0.3) is 0 Å². The Kier molecular flexibility index (Phi) is 4.23. The molecule has 2 unspecified atom stereocenters. The van der Waals surface area contributed by atoms with Crippen molar-refractivity contribution in [3.05, 3.63) is 20.8 Å². The van der Waals surface area contributed by atoms with Crippen LogP contribution >= 0.6 is 27.3 Å². The van der Waals surface area contributed by atoms with Crippen molar-refractivity contribution in [3.63, 3.8) is 0 Å². The summed E-state index contributed by atoms with van der Waals surface area (Å²) in [7, 11) is 0. The molecule has 1 nitrogen and oxygen atoms in total. The Hall–Kier alpha value is 0.140. The fourth-order valence-corrected chi connectivity index (χ4v) is 3.58. The molecule has 0 spiro atoms. The summed E-state index contributed by atoms with van der Waals surface area (Å²) in [6, 6.07) is 2.20. The normalized spacial score (nSPS) is 26.0. The van der Waals surface area contributed by atoms with Gasteiger partial charge in [-0.1, -0.05) is 19.8 Å². The van der Waals surface area contributed by atoms with Gasteiger partial charge in [-0.25, -0.2) is 0 Å². The highest BCUT2D eigenvalue weighted by atomic mass is 79.9. The Morgan fingerprint density at radius 2 is 2.40 bits per heavy atom. The summed E-state index contributed by atoms with van der Waals surface area (Å²) in [4.78, 5) is 0. The number of nitrogens with one attached hydrogen (secondary N) is 1. The summed E-state index contributed by atoms with van der Waals surface area (Å²) in [5.41, 5.74) is 1.40. The number of hydrogen-bond donors (Lipinski definition) is 1. The van der Waals surface area contributed by atoms with Crippen LogP contribution in [0.15, 0.2) is 15.2 Å². The van der Waals surface area contributed by atoms with Crippen molar-refractivity contribution in [1.29, 1.82) is 0 Å². The third kappa shape index (κ3) is 3.30. The van der Waals surface area contributed by atoms with Crippen molar-refractivity contribution in [2.45, 2.75) is 32.7 Å². The fraction of sp³-hybridized carbons (Fsp3) is 0.667. The van der Waals surface area contributed by atoms with E-state index in [0.717, 1.165) is 18.4 Å². The molecule has 1 aliphatic carbocycles. The van der Waals surface area contributed by atoms with Gasteiger partial charge in [-0.3, -0.25) is 0 Å². The van der Waals surface area contributed by atoms with Crippen molar-refractivity contribution < 1.29 is 0 Å². The summed E-state index contributed by atoms with van der Waals surface area (Å²) >= 11 is 5.25. The average molecular weight is 288 g/mol. The molecule has 1 heterocycles. The molecule has 1 fully saturated rings. The maximum Gasteiger partial charge on any atom is 0.0701 e. The van der Waals surface area contributed by atoms with Crippen LogP contribution in [0, 0.1) is 11.8 Å². The lowest BCUT2D eigenvalue weighted by molar-refractivity contribution is 0.392. The van der Waals surface area contributed by atoms with Gasteiger partial charge in [0, 0.05) is 6.54 Å². The summed E-state index contributed by atoms with van der Waals surface area (Å²) < 4.78 is 1.23. The van der Waals surface area contributed by atoms with E-state index in [1.165, 1.54) is 35.2 Å². The smallest absolute Gasteiger partial charge is 0.0701 e. The average Bonchev–Trinajstić information content (AvgIpc) is 2.77. The molecular formula is C12H18BrNS. The van der Waals surface area contributed by atoms with Gasteiger partial charge in [-0.05, 0) is 57.7 Å². The lowest BCUT2D eigenvalue weighted by Gasteiger charge is -2.15. The third-order valence-corrected chi connectivity index (χ3v) is 4.95. The van der Waals surface area contributed by atoms with Crippen molar-refractivity contribution >= 4 is 27.3 Å². The molecule has 15 heavy (non-hydrogen) atoms. The molecule has 1 aromatic heterocycles. The van der Waals surface area contributed by atoms with Crippen molar-refractivity contribution in [2.75, 3.05) is 6.54 Å². The van der Waals surface area contributed by atoms with E-state index in [1.807, 2.05) is 0 Å². The predicted molar refractivity (Wildman–Crippen MR) is 70.2 cm³/mol. The summed E-state index contributed by atoms with van der Waals surface area (Å²) in [5, 5.41) is 5.79. The number of halogens is 1. The number of hydrogen-bond acceptors (Lipinski definition) is 2. The van der Waals surface area contributed by atoms with Crippen LogP contribution in [-0.4, -0.2) is 6.54 Å². The lowest BCUT2D eigenvalue weighted by Crippen LogP contribution is -2.23. The first-order chi connectivity index (χ1) is 7.25. The van der Waals surface area contributed by atoms with Gasteiger partial charge in [-0.2, -0.15) is 0 Å². The Labute approximate surface area is 104 Å². The molecule has 0 aliphatic heterocycles. The van der Waals surface area contributed by atoms with E-state index < -0.39 is 0 Å². The molecule has 2 rings (SSSR count). The third-order valence-electron chi connectivity index (χ3n) is 3.40. The van der Waals surface area contributed by atoms with Gasteiger partial charge >= 0.3 is 0 Å². The van der Waals surface area contributed by atoms with Gasteiger partial charge in [-0.15, -0.1) is 11.3 Å². The quantitative estimate of drug-likeness (QED) is 0.881. The largest absolute Gasteiger partial charge is 0.312 e. The topological polar surface area (TPSA) is 12.0 Å². The highest BCUT2D eigenvalue weighted by Crippen LogP contribution is 2.30. The van der Waals surface area contributed by atoms with Gasteiger partial charge in [0.2, 0.25) is 0 Å². The molecule has 0 bridgehead atoms. The maximum atomic E-state index is 3.57. The number of thiophene rings is 1. The summed E-state index contributed by atoms with van der Waals surface area (Å²) in [6.07, 6.45) is 4.27. The van der Waals surface area contributed by atoms with Crippen molar-refractivity contribution in [3.8, 4) is 0 Å². The molecule has 0 aromatic carbocycles. The van der Waals surface area contributed by atoms with E-state index in [-0.39, 0.29) is 0 Å². The first-order valence-electron chi connectivity index (χ1n) is 5.69. The zero-order chi connectivity index (χ0) is 10.7. The van der Waals surface area contributed by atoms with Gasteiger partial charge < -0.3 is 5.32 Å². The first-order valence-corrected chi connectivity index (χ1v) is 7.36. The fourth-order valence-electron chi connectivity index (χ4n) is 2.37. The van der Waals surface area contributed by atoms with Crippen LogP contribution in [-0.2, 0) is 6.54 Å². The Balaban J connectivity index is 1.70. The van der Waals surface area contributed by atoms with Crippen molar-refractivity contribution in [2.24, 2.45) is 11.8 Å². The molecule has 0 radical (unpaired) electrons. The van der Waals surface area contributed by atoms with Crippen LogP contribution in [0.2, 0.25) is 0 Å². The Bertz CT molecular complexity index is 310. The molecule has 2 atom stereocenters. The molecular weight excluding hydrogens is 270 g/mol. The van der Waals surface area contributed by atoms with Crippen LogP contribution in [0.3, 0.4) is 0 Å². The molecule has 1 N–H and O–H groups in total. The minimum absolute atomic E-state index is 0.909. The SMILES string of the molecule is CC1CCCC1CNCc1csc(Br)c1. The van der Waals surface area contributed by atoms with Crippen LogP contribution in [0.1, 0.15) is 31.7 Å². The molecule has 84 valence electrons. The predicted octanol–water partition coefficient (Wildman–Crippen LogP) is 4.04. The number of rotatable bonds is 4. The second-order valence-electron chi connectivity index (χ2n) is 4.56. The van der Waals surface area contributed by atoms with Crippen LogP contribution in [0.4, 0.5) is 0 Å². The van der Waals surface area contributed by atoms with E-state index in [2.05, 4.69) is 39.6 Å². The zero-order valence-corrected chi connectivity index (χ0v) is 11.5. The van der Waals surface area contributed by atoms with E-state index in [1.54, 1.807) is 11.3 Å². The second-order valence-corrected chi connectivity index (χ2v) is 6.85. The molecule has 3 heteroatoms. The zero-order valence-electron chi connectivity index (χ0n) is 9.13. The molecule has 1 aliphatic rings. The van der Waals surface area contributed by atoms with Crippen molar-refractivity contribution in [1.82, 2.24) is 5.32 Å². The molecule has 1 aromatic rings. The van der Waals surface area contributed by atoms with Crippen LogP contribution in [0.5, 0.6) is 0 Å². The summed E-state index contributed by atoms with van der Waals surface area (Å²) in [5.74, 6) is 1.83. The van der Waals surface area contributed by atoms with E-state index in [9.17, 15) is 0 Å². The standard InChI is InChI=1S/C12H18BrNS/c1-9-3-2-4-11(9)7-14-6-10-5-12(13)15-8-10/h5,8-9,11,14H,2-4,6-7H2,1H3. The minimum atomic E-state index is 0.909. The van der Waals surface area contributed by atoms with E-state index in [4.69, 9.17) is 0 Å². The van der Waals surface area contributed by atoms with Gasteiger partial charge in [0.15, 0.2) is 0 Å². The van der Waals surface area contributed by atoms with E-state index in [0.29, 0.717) is 0 Å². The molecule has 0 saturated heterocycles. The highest BCUT2D eigenvalue weighted by Gasteiger charge is 2.22. The Morgan fingerprint density at radius 1 is 1.53 bits per heavy atom. The van der Waals surface area contributed by atoms with Gasteiger partial charge in [0.05, 0.1) is 3.79 Å². The highest BCUT2D eigenvalue weighted by molar-refractivity contribution is 9.11. The monoisotopic (exact) mass is 287 g/mol. The lowest BCUT2D eigenvalue weighted by atomic mass is 9.98. The van der Waals surface area contributed by atoms with Gasteiger partial charge in [0.1, 0.15) is 0 Å². The minimum Gasteiger partial charge on any atom is -0.312 e. The van der Waals surface area contributed by atoms with Crippen LogP contribution in [0.25, 0.3) is 0 Å². The maximum absolute atomic E-state index is 3.57. The summed E-state index contributed by atoms with van der Waals surface area (Å²) in [6.45, 7) is 4.60. The Morgan fingerprint density at radius 3 is 3.00 bits per heavy atom.